The number of anilines is 1. The van der Waals surface area contributed by atoms with Crippen LogP contribution in [0.3, 0.4) is 0 Å². The van der Waals surface area contributed by atoms with Gasteiger partial charge in [-0.25, -0.2) is 4.39 Å². The van der Waals surface area contributed by atoms with Crippen LogP contribution in [-0.4, -0.2) is 6.36 Å². The molecule has 0 aliphatic heterocycles. The fraction of sp³-hybridized carbons (Fsp3) is 0.143. The van der Waals surface area contributed by atoms with E-state index in [1.165, 1.54) is 30.3 Å². The van der Waals surface area contributed by atoms with Crippen molar-refractivity contribution >= 4 is 5.69 Å². The molecule has 0 spiro atoms. The van der Waals surface area contributed by atoms with Gasteiger partial charge in [-0.05, 0) is 47.9 Å². The van der Waals surface area contributed by atoms with Gasteiger partial charge in [-0.3, -0.25) is 0 Å². The average molecular weight is 285 g/mol. The first kappa shape index (κ1) is 14.2. The molecule has 0 aliphatic carbocycles. The van der Waals surface area contributed by atoms with E-state index in [-0.39, 0.29) is 11.4 Å². The van der Waals surface area contributed by atoms with Crippen molar-refractivity contribution in [3.8, 4) is 16.9 Å². The second kappa shape index (κ2) is 5.03. The van der Waals surface area contributed by atoms with Crippen molar-refractivity contribution in [3.05, 3.63) is 47.8 Å². The van der Waals surface area contributed by atoms with Gasteiger partial charge in [0.15, 0.2) is 0 Å². The van der Waals surface area contributed by atoms with Crippen LogP contribution in [-0.2, 0) is 0 Å². The summed E-state index contributed by atoms with van der Waals surface area (Å²) in [6, 6.07) is 7.98. The summed E-state index contributed by atoms with van der Waals surface area (Å²) in [7, 11) is 0. The zero-order chi connectivity index (χ0) is 14.9. The fourth-order valence-electron chi connectivity index (χ4n) is 1.88. The standard InChI is InChI=1S/C14H11F4NO/c1-8-5-13(19)12(15)7-11(8)9-3-2-4-10(6-9)20-14(16,17)18/h2-7H,19H2,1H3. The van der Waals surface area contributed by atoms with Gasteiger partial charge in [0, 0.05) is 0 Å². The van der Waals surface area contributed by atoms with E-state index >= 15 is 0 Å². The summed E-state index contributed by atoms with van der Waals surface area (Å²) < 4.78 is 53.8. The van der Waals surface area contributed by atoms with Crippen LogP contribution in [0.1, 0.15) is 5.56 Å². The number of benzene rings is 2. The molecule has 6 heteroatoms. The number of rotatable bonds is 2. The number of hydrogen-bond acceptors (Lipinski definition) is 2. The summed E-state index contributed by atoms with van der Waals surface area (Å²) in [4.78, 5) is 0. The number of nitrogens with two attached hydrogens (primary N) is 1. The van der Waals surface area contributed by atoms with E-state index in [0.29, 0.717) is 16.7 Å². The Morgan fingerprint density at radius 2 is 1.80 bits per heavy atom. The molecule has 0 unspecified atom stereocenters. The topological polar surface area (TPSA) is 35.2 Å². The van der Waals surface area contributed by atoms with Crippen molar-refractivity contribution in [1.29, 1.82) is 0 Å². The van der Waals surface area contributed by atoms with E-state index in [1.807, 2.05) is 0 Å². The molecule has 20 heavy (non-hydrogen) atoms. The van der Waals surface area contributed by atoms with Gasteiger partial charge in [0.2, 0.25) is 0 Å². The molecule has 0 heterocycles. The average Bonchev–Trinajstić information content (AvgIpc) is 2.32. The quantitative estimate of drug-likeness (QED) is 0.660. The monoisotopic (exact) mass is 285 g/mol. The van der Waals surface area contributed by atoms with Crippen LogP contribution in [0.4, 0.5) is 23.2 Å². The Labute approximate surface area is 112 Å². The molecule has 0 aliphatic rings. The lowest BCUT2D eigenvalue weighted by atomic mass is 9.99. The van der Waals surface area contributed by atoms with Crippen molar-refractivity contribution in [2.75, 3.05) is 5.73 Å². The van der Waals surface area contributed by atoms with Gasteiger partial charge >= 0.3 is 6.36 Å². The van der Waals surface area contributed by atoms with Gasteiger partial charge < -0.3 is 10.5 Å². The van der Waals surface area contributed by atoms with Crippen LogP contribution >= 0.6 is 0 Å². The molecule has 0 amide bonds. The number of nitrogen functional groups attached to an aromatic ring is 1. The zero-order valence-corrected chi connectivity index (χ0v) is 10.5. The molecule has 0 radical (unpaired) electrons. The maximum atomic E-state index is 13.5. The maximum absolute atomic E-state index is 13.5. The largest absolute Gasteiger partial charge is 0.573 e. The molecule has 0 atom stereocenters. The molecule has 0 fully saturated rings. The maximum Gasteiger partial charge on any atom is 0.573 e. The first-order valence-electron chi connectivity index (χ1n) is 5.68. The SMILES string of the molecule is Cc1cc(N)c(F)cc1-c1cccc(OC(F)(F)F)c1. The molecular formula is C14H11F4NO. The molecule has 0 saturated heterocycles. The lowest BCUT2D eigenvalue weighted by Gasteiger charge is -2.12. The summed E-state index contributed by atoms with van der Waals surface area (Å²) in [6.45, 7) is 1.70. The third-order valence-electron chi connectivity index (χ3n) is 2.72. The summed E-state index contributed by atoms with van der Waals surface area (Å²) in [5, 5.41) is 0. The van der Waals surface area contributed by atoms with Gasteiger partial charge in [-0.2, -0.15) is 0 Å². The number of alkyl halides is 3. The number of halogens is 4. The molecule has 2 nitrogen and oxygen atoms in total. The molecule has 2 N–H and O–H groups in total. The van der Waals surface area contributed by atoms with Gasteiger partial charge in [-0.15, -0.1) is 13.2 Å². The van der Waals surface area contributed by atoms with E-state index in [0.717, 1.165) is 0 Å². The van der Waals surface area contributed by atoms with Crippen LogP contribution in [0.15, 0.2) is 36.4 Å². The smallest absolute Gasteiger partial charge is 0.406 e. The normalized spacial score (nSPS) is 11.4. The van der Waals surface area contributed by atoms with E-state index in [4.69, 9.17) is 5.73 Å². The molecule has 106 valence electrons. The first-order chi connectivity index (χ1) is 9.26. The highest BCUT2D eigenvalue weighted by molar-refractivity contribution is 5.71. The Kier molecular flexibility index (Phi) is 3.57. The van der Waals surface area contributed by atoms with Crippen molar-refractivity contribution < 1.29 is 22.3 Å². The van der Waals surface area contributed by atoms with Crippen molar-refractivity contribution in [3.63, 3.8) is 0 Å². The van der Waals surface area contributed by atoms with Gasteiger partial charge in [-0.1, -0.05) is 12.1 Å². The van der Waals surface area contributed by atoms with E-state index in [1.54, 1.807) is 13.0 Å². The molecule has 2 aromatic carbocycles. The van der Waals surface area contributed by atoms with E-state index in [2.05, 4.69) is 4.74 Å². The Morgan fingerprint density at radius 1 is 1.10 bits per heavy atom. The third-order valence-corrected chi connectivity index (χ3v) is 2.72. The van der Waals surface area contributed by atoms with Gasteiger partial charge in [0.05, 0.1) is 5.69 Å². The minimum atomic E-state index is -4.76. The second-order valence-corrected chi connectivity index (χ2v) is 4.26. The predicted octanol–water partition coefficient (Wildman–Crippen LogP) is 4.28. The molecule has 0 saturated carbocycles. The predicted molar refractivity (Wildman–Crippen MR) is 67.7 cm³/mol. The summed E-state index contributed by atoms with van der Waals surface area (Å²) in [6.07, 6.45) is -4.76. The van der Waals surface area contributed by atoms with Gasteiger partial charge in [0.1, 0.15) is 11.6 Å². The molecular weight excluding hydrogens is 274 g/mol. The van der Waals surface area contributed by atoms with E-state index < -0.39 is 12.2 Å². The Hall–Kier alpha value is -2.24. The minimum absolute atomic E-state index is 0.00561. The van der Waals surface area contributed by atoms with Crippen molar-refractivity contribution in [2.24, 2.45) is 0 Å². The van der Waals surface area contributed by atoms with E-state index in [9.17, 15) is 17.6 Å². The number of aryl methyl sites for hydroxylation is 1. The minimum Gasteiger partial charge on any atom is -0.406 e. The molecule has 2 aromatic rings. The van der Waals surface area contributed by atoms with Crippen LogP contribution in [0, 0.1) is 12.7 Å². The summed E-state index contributed by atoms with van der Waals surface area (Å²) in [5.41, 5.74) is 6.97. The summed E-state index contributed by atoms with van der Waals surface area (Å²) in [5.74, 6) is -0.973. The Balaban J connectivity index is 2.44. The van der Waals surface area contributed by atoms with Gasteiger partial charge in [0.25, 0.3) is 0 Å². The molecule has 0 bridgehead atoms. The fourth-order valence-corrected chi connectivity index (χ4v) is 1.88. The van der Waals surface area contributed by atoms with Crippen molar-refractivity contribution in [1.82, 2.24) is 0 Å². The Morgan fingerprint density at radius 3 is 2.45 bits per heavy atom. The van der Waals surface area contributed by atoms with Crippen LogP contribution < -0.4 is 10.5 Å². The zero-order valence-electron chi connectivity index (χ0n) is 10.5. The van der Waals surface area contributed by atoms with Crippen LogP contribution in [0.5, 0.6) is 5.75 Å². The first-order valence-corrected chi connectivity index (χ1v) is 5.68. The Bertz CT molecular complexity index is 638. The molecule has 0 aromatic heterocycles. The second-order valence-electron chi connectivity index (χ2n) is 4.26. The number of ether oxygens (including phenoxy) is 1. The lowest BCUT2D eigenvalue weighted by molar-refractivity contribution is -0.274. The highest BCUT2D eigenvalue weighted by Crippen LogP contribution is 2.31. The lowest BCUT2D eigenvalue weighted by Crippen LogP contribution is -2.17. The summed E-state index contributed by atoms with van der Waals surface area (Å²) >= 11 is 0. The number of hydrogen-bond donors (Lipinski definition) is 1. The van der Waals surface area contributed by atoms with Crippen LogP contribution in [0.25, 0.3) is 11.1 Å². The highest BCUT2D eigenvalue weighted by atomic mass is 19.4. The molecule has 2 rings (SSSR count). The van der Waals surface area contributed by atoms with Crippen molar-refractivity contribution in [2.45, 2.75) is 13.3 Å². The van der Waals surface area contributed by atoms with Crippen LogP contribution in [0.2, 0.25) is 0 Å². The highest BCUT2D eigenvalue weighted by Gasteiger charge is 2.31. The third kappa shape index (κ3) is 3.20.